The van der Waals surface area contributed by atoms with E-state index < -0.39 is 11.7 Å². The summed E-state index contributed by atoms with van der Waals surface area (Å²) in [5.41, 5.74) is 8.30. The van der Waals surface area contributed by atoms with Gasteiger partial charge in [-0.15, -0.1) is 18.2 Å². The van der Waals surface area contributed by atoms with E-state index in [1.165, 1.54) is 12.1 Å². The molecule has 1 N–H and O–H groups in total. The largest absolute Gasteiger partial charge is 0.512 e. The summed E-state index contributed by atoms with van der Waals surface area (Å²) in [5.74, 6) is 1.25. The van der Waals surface area contributed by atoms with Crippen molar-refractivity contribution in [2.45, 2.75) is 59.6 Å². The molecule has 0 saturated heterocycles. The summed E-state index contributed by atoms with van der Waals surface area (Å²) >= 11 is 0. The van der Waals surface area contributed by atoms with Gasteiger partial charge in [0.05, 0.1) is 16.9 Å². The van der Waals surface area contributed by atoms with E-state index in [0.29, 0.717) is 28.2 Å². The van der Waals surface area contributed by atoms with E-state index in [1.54, 1.807) is 36.4 Å². The first kappa shape index (κ1) is 43.0. The van der Waals surface area contributed by atoms with Crippen LogP contribution in [0.1, 0.15) is 58.9 Å². The maximum Gasteiger partial charge on any atom is 0.418 e. The first-order valence-corrected chi connectivity index (χ1v) is 19.9. The van der Waals surface area contributed by atoms with Crippen LogP contribution in [0.15, 0.2) is 144 Å². The summed E-state index contributed by atoms with van der Waals surface area (Å²) in [5, 5.41) is 10.6. The van der Waals surface area contributed by atoms with E-state index in [0.717, 1.165) is 76.2 Å². The van der Waals surface area contributed by atoms with Crippen molar-refractivity contribution in [1.29, 1.82) is 0 Å². The maximum atomic E-state index is 14.1. The van der Waals surface area contributed by atoms with Gasteiger partial charge in [0.1, 0.15) is 5.76 Å². The van der Waals surface area contributed by atoms with Crippen LogP contribution in [-0.2, 0) is 31.1 Å². The fraction of sp³-hybridized carbons (Fsp3) is 0.216. The Morgan fingerprint density at radius 1 is 0.712 bits per heavy atom. The van der Waals surface area contributed by atoms with Crippen molar-refractivity contribution >= 4 is 16.8 Å². The number of allylic oxidation sites excluding steroid dienone is 2. The third-order valence-electron chi connectivity index (χ3n) is 11.2. The number of hydrogen-bond acceptors (Lipinski definition) is 4. The van der Waals surface area contributed by atoms with E-state index >= 15 is 0 Å². The van der Waals surface area contributed by atoms with Gasteiger partial charge < -0.3 is 14.5 Å². The average Bonchev–Trinajstić information content (AvgIpc) is 3.63. The number of hydrogen-bond donors (Lipinski definition) is 1. The number of halogens is 3. The Morgan fingerprint density at radius 2 is 1.22 bits per heavy atom. The van der Waals surface area contributed by atoms with Crippen molar-refractivity contribution in [2.75, 3.05) is 0 Å². The van der Waals surface area contributed by atoms with E-state index in [4.69, 9.17) is 4.42 Å². The number of aromatic nitrogens is 1. The molecule has 8 rings (SSSR count). The number of pyridine rings is 1. The van der Waals surface area contributed by atoms with E-state index in [2.05, 4.69) is 47.4 Å². The van der Waals surface area contributed by atoms with Gasteiger partial charge in [0.15, 0.2) is 5.78 Å². The Labute approximate surface area is 357 Å². The van der Waals surface area contributed by atoms with Gasteiger partial charge in [-0.25, -0.2) is 0 Å². The summed E-state index contributed by atoms with van der Waals surface area (Å²) in [6, 6.07) is 41.8. The zero-order valence-electron chi connectivity index (χ0n) is 33.4. The standard InChI is InChI=1S/C38H21F3NO.C13H24O2.Ir/c39-38(40,41)33-22-42-34(21-32(33)23-11-2-1-3-12-23)30-19-10-20-31-35-28-17-8-6-15-26(28)24-13-4-5-14-25(24)27-16-7-9-18-29(27)37(35)43-36(30)31;1-5-10(6-2)12(14)9-13(15)11(7-3)8-4;/h1-18,20-22H;9-11,14H,5-8H2,1-4H3;/q-1;;/b;12-9-;. The molecule has 0 unspecified atom stereocenters. The SMILES string of the molecule is CCC(CC)C(=O)/C=C(\O)C(CC)CC.FC(F)(F)c1cnc(-c2[c-]ccc3c4c(oc23)-c2ccccc2-c2ccccc2-c2ccccc2-4)cc1-c1ccccc1.[Ir]. The number of rotatable bonds is 9. The van der Waals surface area contributed by atoms with Crippen LogP contribution >= 0.6 is 0 Å². The predicted molar refractivity (Wildman–Crippen MR) is 228 cm³/mol. The van der Waals surface area contributed by atoms with Gasteiger partial charge in [0, 0.05) is 55.3 Å². The molecule has 7 aromatic rings. The number of ketones is 1. The van der Waals surface area contributed by atoms with Crippen LogP contribution in [-0.4, -0.2) is 15.9 Å². The zero-order chi connectivity index (χ0) is 41.0. The Morgan fingerprint density at radius 3 is 1.78 bits per heavy atom. The summed E-state index contributed by atoms with van der Waals surface area (Å²) in [6.07, 6.45) is 1.25. The van der Waals surface area contributed by atoms with Crippen LogP contribution in [0, 0.1) is 17.9 Å². The number of aliphatic hydroxyl groups excluding tert-OH is 1. The molecule has 59 heavy (non-hydrogen) atoms. The van der Waals surface area contributed by atoms with Gasteiger partial charge in [0.2, 0.25) is 0 Å². The molecule has 0 aliphatic heterocycles. The normalized spacial score (nSPS) is 12.0. The molecular formula is C51H45F3IrNO3-. The first-order chi connectivity index (χ1) is 28.1. The van der Waals surface area contributed by atoms with E-state index in [-0.39, 0.29) is 49.0 Å². The number of carbonyl (C=O) groups is 1. The van der Waals surface area contributed by atoms with E-state index in [9.17, 15) is 23.1 Å². The third-order valence-corrected chi connectivity index (χ3v) is 11.2. The van der Waals surface area contributed by atoms with Crippen molar-refractivity contribution in [3.63, 3.8) is 0 Å². The number of aliphatic hydroxyl groups is 1. The number of nitrogens with zero attached hydrogens (tertiary/aromatic N) is 1. The van der Waals surface area contributed by atoms with Crippen LogP contribution < -0.4 is 0 Å². The van der Waals surface area contributed by atoms with Crippen LogP contribution in [0.2, 0.25) is 0 Å². The molecule has 1 aliphatic carbocycles. The molecule has 0 saturated carbocycles. The van der Waals surface area contributed by atoms with Gasteiger partial charge in [-0.05, 0) is 70.3 Å². The van der Waals surface area contributed by atoms with Crippen molar-refractivity contribution in [3.8, 4) is 67.1 Å². The Balaban J connectivity index is 0.000000315. The molecule has 1 radical (unpaired) electrons. The predicted octanol–water partition coefficient (Wildman–Crippen LogP) is 14.8. The molecule has 303 valence electrons. The topological polar surface area (TPSA) is 63.3 Å². The van der Waals surface area contributed by atoms with Crippen LogP contribution in [0.5, 0.6) is 0 Å². The van der Waals surface area contributed by atoms with Gasteiger partial charge in [-0.2, -0.15) is 13.2 Å². The molecule has 2 heterocycles. The quantitative estimate of drug-likeness (QED) is 0.0889. The number of alkyl halides is 3. The van der Waals surface area contributed by atoms with Crippen molar-refractivity contribution in [3.05, 3.63) is 151 Å². The Kier molecular flexibility index (Phi) is 13.5. The Hall–Kier alpha value is -5.56. The summed E-state index contributed by atoms with van der Waals surface area (Å²) in [4.78, 5) is 16.0. The van der Waals surface area contributed by atoms with Crippen molar-refractivity contribution < 1.29 is 47.6 Å². The minimum absolute atomic E-state index is 0. The molecular weight excluding hydrogens is 924 g/mol. The van der Waals surface area contributed by atoms with Crippen LogP contribution in [0.3, 0.4) is 0 Å². The molecule has 1 aliphatic rings. The smallest absolute Gasteiger partial charge is 0.418 e. The zero-order valence-corrected chi connectivity index (χ0v) is 35.8. The first-order valence-electron chi connectivity index (χ1n) is 19.9. The number of furan rings is 1. The van der Waals surface area contributed by atoms with Gasteiger partial charge in [-0.3, -0.25) is 4.79 Å². The maximum absolute atomic E-state index is 14.1. The summed E-state index contributed by atoms with van der Waals surface area (Å²) < 4.78 is 49.0. The molecule has 2 aromatic heterocycles. The second-order valence-corrected chi connectivity index (χ2v) is 14.5. The number of fused-ring (bicyclic) bond motifs is 10. The van der Waals surface area contributed by atoms with Gasteiger partial charge in [-0.1, -0.05) is 148 Å². The summed E-state index contributed by atoms with van der Waals surface area (Å²) in [7, 11) is 0. The summed E-state index contributed by atoms with van der Waals surface area (Å²) in [6.45, 7) is 8.07. The van der Waals surface area contributed by atoms with Crippen LogP contribution in [0.4, 0.5) is 13.2 Å². The fourth-order valence-electron chi connectivity index (χ4n) is 7.97. The average molecular weight is 969 g/mol. The second kappa shape index (κ2) is 18.6. The Bertz CT molecular complexity index is 2600. The molecule has 5 aromatic carbocycles. The third kappa shape index (κ3) is 8.62. The molecule has 8 heteroatoms. The monoisotopic (exact) mass is 969 g/mol. The van der Waals surface area contributed by atoms with Crippen molar-refractivity contribution in [2.24, 2.45) is 11.8 Å². The minimum Gasteiger partial charge on any atom is -0.512 e. The van der Waals surface area contributed by atoms with Crippen LogP contribution in [0.25, 0.3) is 78.1 Å². The van der Waals surface area contributed by atoms with E-state index in [1.807, 2.05) is 70.2 Å². The van der Waals surface area contributed by atoms with Gasteiger partial charge in [0.25, 0.3) is 0 Å². The van der Waals surface area contributed by atoms with Gasteiger partial charge >= 0.3 is 6.18 Å². The molecule has 4 nitrogen and oxygen atoms in total. The number of benzene rings is 5. The molecule has 0 spiro atoms. The fourth-order valence-corrected chi connectivity index (χ4v) is 7.97. The molecule has 0 fully saturated rings. The molecule has 0 amide bonds. The second-order valence-electron chi connectivity index (χ2n) is 14.5. The molecule has 0 bridgehead atoms. The number of carbonyl (C=O) groups excluding carboxylic acids is 1. The molecule has 0 atom stereocenters. The van der Waals surface area contributed by atoms with Crippen molar-refractivity contribution in [1.82, 2.24) is 4.98 Å². The minimum atomic E-state index is -4.56.